The van der Waals surface area contributed by atoms with E-state index >= 15 is 0 Å². The molecular weight excluding hydrogens is 562 g/mol. The quantitative estimate of drug-likeness (QED) is 0.396. The molecule has 3 aliphatic heterocycles. The molecule has 1 aliphatic carbocycles. The number of halogens is 1. The molecule has 0 saturated carbocycles. The number of aromatic nitrogens is 1. The highest BCUT2D eigenvalue weighted by Crippen LogP contribution is 2.40. The monoisotopic (exact) mass is 590 g/mol. The molecule has 1 aromatic heterocycles. The number of nitrogens with zero attached hydrogens (tertiary/aromatic N) is 4. The second-order valence-electron chi connectivity index (χ2n) is 10.1. The highest BCUT2D eigenvalue weighted by atomic mass is 127. The number of amides is 1. The number of carbonyl (C=O) groups is 2. The average molecular weight is 590 g/mol. The molecule has 6 nitrogen and oxygen atoms in total. The molecule has 182 valence electrons. The number of aryl methyl sites for hydroxylation is 1. The molecule has 4 aliphatic rings. The Labute approximate surface area is 223 Å². The first kappa shape index (κ1) is 23.9. The van der Waals surface area contributed by atoms with E-state index in [1.165, 1.54) is 9.20 Å². The third kappa shape index (κ3) is 4.32. The van der Waals surface area contributed by atoms with E-state index in [1.54, 1.807) is 11.1 Å². The maximum Gasteiger partial charge on any atom is 0.235 e. The van der Waals surface area contributed by atoms with Gasteiger partial charge in [0.2, 0.25) is 5.91 Å². The number of anilines is 1. The summed E-state index contributed by atoms with van der Waals surface area (Å²) in [5.74, 6) is 1.41. The van der Waals surface area contributed by atoms with Crippen LogP contribution in [0.3, 0.4) is 0 Å². The van der Waals surface area contributed by atoms with Gasteiger partial charge in [-0.1, -0.05) is 50.5 Å². The van der Waals surface area contributed by atoms with Crippen LogP contribution in [0.5, 0.6) is 0 Å². The number of hydrogen-bond donors (Lipinski definition) is 0. The lowest BCUT2D eigenvalue weighted by Crippen LogP contribution is -2.38. The Balaban J connectivity index is 1.10. The van der Waals surface area contributed by atoms with Gasteiger partial charge in [0.05, 0.1) is 13.8 Å². The van der Waals surface area contributed by atoms with Crippen LogP contribution in [0.15, 0.2) is 53.3 Å². The largest absolute Gasteiger partial charge is 0.299 e. The molecule has 1 aromatic carbocycles. The van der Waals surface area contributed by atoms with Crippen molar-refractivity contribution < 1.29 is 9.59 Å². The Kier molecular flexibility index (Phi) is 6.50. The van der Waals surface area contributed by atoms with Crippen LogP contribution in [-0.2, 0) is 16.0 Å². The van der Waals surface area contributed by atoms with E-state index in [0.29, 0.717) is 11.6 Å². The van der Waals surface area contributed by atoms with Gasteiger partial charge in [-0.05, 0) is 61.3 Å². The minimum atomic E-state index is -0.340. The molecule has 36 heavy (non-hydrogen) atoms. The second-order valence-corrected chi connectivity index (χ2v) is 12.4. The number of aliphatic imine (C=N–C) groups is 1. The number of allylic oxidation sites excluding steroid dienone is 1. The van der Waals surface area contributed by atoms with Crippen molar-refractivity contribution in [3.05, 3.63) is 65.0 Å². The molecule has 1 saturated heterocycles. The van der Waals surface area contributed by atoms with Gasteiger partial charge in [0.1, 0.15) is 19.4 Å². The molecule has 0 bridgehead atoms. The highest BCUT2D eigenvalue weighted by molar-refractivity contribution is 14.2. The van der Waals surface area contributed by atoms with E-state index in [2.05, 4.69) is 21.0 Å². The van der Waals surface area contributed by atoms with E-state index in [0.717, 1.165) is 67.6 Å². The molecule has 1 amide bonds. The zero-order valence-electron chi connectivity index (χ0n) is 20.4. The molecule has 2 atom stereocenters. The minimum Gasteiger partial charge on any atom is -0.299 e. The van der Waals surface area contributed by atoms with Gasteiger partial charge in [-0.15, -0.1) is 0 Å². The first-order chi connectivity index (χ1) is 17.5. The number of likely N-dealkylation sites (tertiary alicyclic amines) is 1. The molecule has 0 spiro atoms. The lowest BCUT2D eigenvalue weighted by atomic mass is 9.85. The van der Waals surface area contributed by atoms with E-state index < -0.39 is 0 Å². The molecule has 4 heterocycles. The number of fused-ring (bicyclic) bond motifs is 2. The van der Waals surface area contributed by atoms with Gasteiger partial charge in [0.15, 0.2) is 5.78 Å². The fourth-order valence-electron chi connectivity index (χ4n) is 6.07. The Hall–Kier alpha value is -2.46. The number of ketones is 1. The van der Waals surface area contributed by atoms with Crippen LogP contribution in [0.1, 0.15) is 54.2 Å². The van der Waals surface area contributed by atoms with Crippen molar-refractivity contribution >= 4 is 59.4 Å². The number of likely N-dealkylation sites (N-methyl/N-ethyl adjacent to an activating group) is 1. The first-order valence-corrected chi connectivity index (χ1v) is 15.0. The molecule has 2 radical (unpaired) electrons. The van der Waals surface area contributed by atoms with E-state index in [9.17, 15) is 9.59 Å². The predicted molar refractivity (Wildman–Crippen MR) is 153 cm³/mol. The Bertz CT molecular complexity index is 1330. The standard InChI is InChI=1S/C28H28BIN4O2/c1-33-27-22(3-2-10-31-27)23(28(33)36)13-17-8-11-34(12-9-17)25-15-24(32-16-30-25)26(35)21-6-4-18-14-19(29)5-7-20(18)21/h2-3,5,7,10,14-17,21,23H,4,6,8-9,11-13H2,1H3/t21-,23?/m1/s1. The number of benzene rings is 1. The second kappa shape index (κ2) is 9.78. The number of pyridine rings is 1. The molecule has 8 heteroatoms. The summed E-state index contributed by atoms with van der Waals surface area (Å²) >= 11 is -0.340. The van der Waals surface area contributed by atoms with Crippen LogP contribution < -0.4 is 10.4 Å². The lowest BCUT2D eigenvalue weighted by molar-refractivity contribution is -0.119. The fourth-order valence-corrected chi connectivity index (χ4v) is 8.14. The number of carbonyl (C=O) groups excluding carboxylic acids is 2. The lowest BCUT2D eigenvalue weighted by Gasteiger charge is -2.33. The molecule has 2 aromatic rings. The molecular formula is C28H28BIN4O2. The number of Topliss-reactive ketones (excluding diaryl/α,β-unsaturated/α-hetero) is 1. The van der Waals surface area contributed by atoms with Gasteiger partial charge in [-0.3, -0.25) is 19.4 Å². The number of rotatable bonds is 5. The highest BCUT2D eigenvalue weighted by Gasteiger charge is 2.38. The van der Waals surface area contributed by atoms with Gasteiger partial charge in [-0.25, -0.2) is 9.98 Å². The van der Waals surface area contributed by atoms with Crippen molar-refractivity contribution in [1.82, 2.24) is 9.88 Å². The molecule has 1 fully saturated rings. The number of piperidine rings is 1. The summed E-state index contributed by atoms with van der Waals surface area (Å²) < 4.78 is 3.27. The summed E-state index contributed by atoms with van der Waals surface area (Å²) in [5, 5.41) is 0. The third-order valence-electron chi connectivity index (χ3n) is 8.04. The van der Waals surface area contributed by atoms with E-state index in [1.807, 2.05) is 41.6 Å². The molecule has 6 rings (SSSR count). The normalized spacial score (nSPS) is 24.1. The topological polar surface area (TPSA) is 65.9 Å². The summed E-state index contributed by atoms with van der Waals surface area (Å²) in [4.78, 5) is 39.4. The van der Waals surface area contributed by atoms with Crippen molar-refractivity contribution in [2.45, 2.75) is 43.9 Å². The van der Waals surface area contributed by atoms with Gasteiger partial charge in [0, 0.05) is 37.8 Å². The maximum absolute atomic E-state index is 13.4. The van der Waals surface area contributed by atoms with Crippen LogP contribution in [0.2, 0.25) is 0 Å². The third-order valence-corrected chi connectivity index (χ3v) is 10.2. The van der Waals surface area contributed by atoms with E-state index in [-0.39, 0.29) is 44.3 Å². The maximum atomic E-state index is 13.4. The van der Waals surface area contributed by atoms with Crippen molar-refractivity contribution in [3.63, 3.8) is 0 Å². The van der Waals surface area contributed by atoms with Crippen LogP contribution in [0.25, 0.3) is 0 Å². The van der Waals surface area contributed by atoms with Crippen molar-refractivity contribution in [2.24, 2.45) is 10.9 Å². The minimum absolute atomic E-state index is 0.0779. The van der Waals surface area contributed by atoms with Gasteiger partial charge in [-0.2, -0.15) is 0 Å². The van der Waals surface area contributed by atoms with Crippen LogP contribution in [-0.4, -0.2) is 57.4 Å². The zero-order chi connectivity index (χ0) is 24.8. The van der Waals surface area contributed by atoms with Crippen LogP contribution in [0.4, 0.5) is 5.82 Å². The van der Waals surface area contributed by atoms with Crippen LogP contribution >= 0.6 is 20.7 Å². The SMILES string of the molecule is [B]c1ccc2c(c1)CC[C@H]2C(=O)C1=CC(N2CCC(CC3C(=O)N(C)c4ncccc43)CC2)=IC=N1. The summed E-state index contributed by atoms with van der Waals surface area (Å²) in [6.45, 7) is 1.93. The first-order valence-electron chi connectivity index (χ1n) is 12.6. The smallest absolute Gasteiger partial charge is 0.235 e. The number of hydrogen-bond acceptors (Lipinski definition) is 5. The zero-order valence-corrected chi connectivity index (χ0v) is 22.5. The Morgan fingerprint density at radius 1 is 1.17 bits per heavy atom. The van der Waals surface area contributed by atoms with Gasteiger partial charge in [0.25, 0.3) is 0 Å². The van der Waals surface area contributed by atoms with Crippen molar-refractivity contribution in [3.8, 4) is 0 Å². The Morgan fingerprint density at radius 3 is 2.83 bits per heavy atom. The van der Waals surface area contributed by atoms with E-state index in [4.69, 9.17) is 7.85 Å². The summed E-state index contributed by atoms with van der Waals surface area (Å²) in [6, 6.07) is 9.88. The molecule has 0 N–H and O–H groups in total. The van der Waals surface area contributed by atoms with Crippen LogP contribution in [0, 0.1) is 5.92 Å². The van der Waals surface area contributed by atoms with Crippen molar-refractivity contribution in [2.75, 3.05) is 25.0 Å². The predicted octanol–water partition coefficient (Wildman–Crippen LogP) is 3.36. The summed E-state index contributed by atoms with van der Waals surface area (Å²) in [6.07, 6.45) is 8.53. The average Bonchev–Trinajstić information content (AvgIpc) is 3.43. The molecule has 1 unspecified atom stereocenters. The summed E-state index contributed by atoms with van der Waals surface area (Å²) in [5.41, 5.74) is 4.72. The Morgan fingerprint density at radius 2 is 2.00 bits per heavy atom. The summed E-state index contributed by atoms with van der Waals surface area (Å²) in [7, 11) is 7.76. The fraction of sp³-hybridized carbons (Fsp3) is 0.393. The van der Waals surface area contributed by atoms with Gasteiger partial charge >= 0.3 is 0 Å². The van der Waals surface area contributed by atoms with Crippen molar-refractivity contribution in [1.29, 1.82) is 0 Å². The van der Waals surface area contributed by atoms with Gasteiger partial charge < -0.3 is 0 Å².